The molecular weight excluding hydrogens is 486 g/mol. The van der Waals surface area contributed by atoms with Crippen molar-refractivity contribution >= 4 is 53.1 Å². The third kappa shape index (κ3) is 4.64. The molecule has 0 saturated carbocycles. The first-order valence-electron chi connectivity index (χ1n) is 10.3. The predicted octanol–water partition coefficient (Wildman–Crippen LogP) is 3.01. The molecule has 1 aliphatic heterocycles. The lowest BCUT2D eigenvalue weighted by Crippen LogP contribution is -2.47. The van der Waals surface area contributed by atoms with Gasteiger partial charge in [-0.15, -0.1) is 24.8 Å². The van der Waals surface area contributed by atoms with Gasteiger partial charge in [0.05, 0.1) is 24.0 Å². The lowest BCUT2D eigenvalue weighted by Gasteiger charge is -2.38. The minimum atomic E-state index is -1.35. The Bertz CT molecular complexity index is 1260. The minimum absolute atomic E-state index is 0. The average Bonchev–Trinajstić information content (AvgIpc) is 2.80. The fraction of sp³-hybridized carbons (Fsp3) is 0.304. The Morgan fingerprint density at radius 1 is 1.15 bits per heavy atom. The summed E-state index contributed by atoms with van der Waals surface area (Å²) in [6.45, 7) is 2.41. The van der Waals surface area contributed by atoms with E-state index in [-0.39, 0.29) is 36.7 Å². The van der Waals surface area contributed by atoms with Gasteiger partial charge in [0.25, 0.3) is 0 Å². The lowest BCUT2D eigenvalue weighted by atomic mass is 10.0. The van der Waals surface area contributed by atoms with Gasteiger partial charge >= 0.3 is 5.97 Å². The number of ether oxygens (including phenoxy) is 1. The molecule has 4 rings (SSSR count). The maximum absolute atomic E-state index is 15.3. The summed E-state index contributed by atoms with van der Waals surface area (Å²) < 4.78 is 22.3. The zero-order valence-corrected chi connectivity index (χ0v) is 20.4. The summed E-state index contributed by atoms with van der Waals surface area (Å²) in [6, 6.07) is 8.89. The van der Waals surface area contributed by atoms with Gasteiger partial charge in [-0.05, 0) is 18.2 Å². The van der Waals surface area contributed by atoms with Gasteiger partial charge in [0.15, 0.2) is 0 Å². The van der Waals surface area contributed by atoms with E-state index in [1.54, 1.807) is 14.2 Å². The van der Waals surface area contributed by atoms with Crippen LogP contribution in [0.3, 0.4) is 0 Å². The molecule has 1 aliphatic rings. The van der Waals surface area contributed by atoms with E-state index in [1.165, 1.54) is 10.8 Å². The summed E-state index contributed by atoms with van der Waals surface area (Å²) in [4.78, 5) is 28.2. The summed E-state index contributed by atoms with van der Waals surface area (Å²) in [5.41, 5.74) is 7.18. The molecule has 184 valence electrons. The molecule has 34 heavy (non-hydrogen) atoms. The van der Waals surface area contributed by atoms with Gasteiger partial charge in [0, 0.05) is 56.9 Å². The van der Waals surface area contributed by atoms with Crippen LogP contribution in [-0.2, 0) is 13.6 Å². The highest BCUT2D eigenvalue weighted by molar-refractivity contribution is 5.95. The van der Waals surface area contributed by atoms with Gasteiger partial charge in [-0.3, -0.25) is 4.79 Å². The number of halogens is 3. The minimum Gasteiger partial charge on any atom is -0.495 e. The topological polar surface area (TPSA) is 101 Å². The second-order valence-electron chi connectivity index (χ2n) is 7.72. The SMILES string of the molecule is COc1ccccc1N1CCN(c2c(F)cc3c(=O)c(C(=O)O)cn(C)c3c2CN)CC1.Cl.Cl. The van der Waals surface area contributed by atoms with E-state index < -0.39 is 22.8 Å². The molecule has 0 spiro atoms. The number of aromatic carboxylic acids is 1. The molecule has 0 aliphatic carbocycles. The summed E-state index contributed by atoms with van der Waals surface area (Å²) in [7, 11) is 3.27. The van der Waals surface area contributed by atoms with Crippen LogP contribution in [0.15, 0.2) is 41.3 Å². The van der Waals surface area contributed by atoms with Crippen LogP contribution in [0.2, 0.25) is 0 Å². The molecule has 0 bridgehead atoms. The van der Waals surface area contributed by atoms with E-state index in [2.05, 4.69) is 4.90 Å². The molecule has 1 fully saturated rings. The predicted molar refractivity (Wildman–Crippen MR) is 136 cm³/mol. The number of rotatable bonds is 5. The van der Waals surface area contributed by atoms with Gasteiger partial charge in [0.2, 0.25) is 5.43 Å². The number of carboxylic acid groups (broad SMARTS) is 1. The largest absolute Gasteiger partial charge is 0.495 e. The van der Waals surface area contributed by atoms with Crippen LogP contribution in [0.1, 0.15) is 15.9 Å². The number of anilines is 2. The molecule has 0 unspecified atom stereocenters. The number of aryl methyl sites for hydroxylation is 1. The zero-order valence-electron chi connectivity index (χ0n) is 18.8. The van der Waals surface area contributed by atoms with Crippen LogP contribution < -0.4 is 25.7 Å². The van der Waals surface area contributed by atoms with Crippen molar-refractivity contribution in [1.82, 2.24) is 4.57 Å². The number of para-hydroxylation sites is 2. The number of benzene rings is 2. The van der Waals surface area contributed by atoms with Gasteiger partial charge < -0.3 is 29.9 Å². The molecule has 3 N–H and O–H groups in total. The highest BCUT2D eigenvalue weighted by Gasteiger charge is 2.26. The third-order valence-corrected chi connectivity index (χ3v) is 5.95. The Hall–Kier alpha value is -3.01. The van der Waals surface area contributed by atoms with E-state index in [9.17, 15) is 14.7 Å². The lowest BCUT2D eigenvalue weighted by molar-refractivity contribution is 0.0695. The molecule has 0 amide bonds. The zero-order chi connectivity index (χ0) is 23.0. The fourth-order valence-corrected chi connectivity index (χ4v) is 4.47. The molecule has 0 radical (unpaired) electrons. The summed E-state index contributed by atoms with van der Waals surface area (Å²) in [5, 5.41) is 9.32. The normalized spacial score (nSPS) is 13.3. The van der Waals surface area contributed by atoms with Crippen LogP contribution in [0.25, 0.3) is 10.9 Å². The first-order valence-corrected chi connectivity index (χ1v) is 10.3. The summed E-state index contributed by atoms with van der Waals surface area (Å²) >= 11 is 0. The number of carbonyl (C=O) groups is 1. The molecule has 3 aromatic rings. The Morgan fingerprint density at radius 3 is 2.35 bits per heavy atom. The van der Waals surface area contributed by atoms with Crippen molar-refractivity contribution in [3.8, 4) is 5.75 Å². The number of hydrogen-bond donors (Lipinski definition) is 2. The molecule has 11 heteroatoms. The fourth-order valence-electron chi connectivity index (χ4n) is 4.47. The molecule has 1 aromatic heterocycles. The highest BCUT2D eigenvalue weighted by Crippen LogP contribution is 2.33. The standard InChI is InChI=1S/C23H25FN4O4.2ClH/c1-26-13-16(23(30)31)22(29)14-11-17(24)21(15(12-25)20(14)26)28-9-7-27(8-10-28)18-5-3-4-6-19(18)32-2;;/h3-6,11,13H,7-10,12,25H2,1-2H3,(H,30,31);2*1H. The van der Waals surface area contributed by atoms with Gasteiger partial charge in [-0.2, -0.15) is 0 Å². The van der Waals surface area contributed by atoms with Crippen LogP contribution >= 0.6 is 24.8 Å². The van der Waals surface area contributed by atoms with Crippen molar-refractivity contribution in [3.63, 3.8) is 0 Å². The molecular formula is C23H27Cl2FN4O4. The van der Waals surface area contributed by atoms with Gasteiger partial charge in [0.1, 0.15) is 17.1 Å². The number of carboxylic acids is 1. The van der Waals surface area contributed by atoms with Gasteiger partial charge in [-0.25, -0.2) is 9.18 Å². The quantitative estimate of drug-likeness (QED) is 0.541. The number of pyridine rings is 1. The van der Waals surface area contributed by atoms with E-state index in [0.717, 1.165) is 17.5 Å². The Kier molecular flexibility index (Phi) is 8.77. The van der Waals surface area contributed by atoms with Crippen LogP contribution in [0.5, 0.6) is 5.75 Å². The number of aromatic nitrogens is 1. The Labute approximate surface area is 208 Å². The van der Waals surface area contributed by atoms with Crippen molar-refractivity contribution in [1.29, 1.82) is 0 Å². The smallest absolute Gasteiger partial charge is 0.341 e. The number of piperazine rings is 1. The molecule has 2 heterocycles. The Balaban J connectivity index is 0.00000204. The molecule has 2 aromatic carbocycles. The Morgan fingerprint density at radius 2 is 1.76 bits per heavy atom. The average molecular weight is 513 g/mol. The third-order valence-electron chi connectivity index (χ3n) is 5.95. The number of hydrogen-bond acceptors (Lipinski definition) is 6. The number of fused-ring (bicyclic) bond motifs is 1. The first-order chi connectivity index (χ1) is 15.4. The van der Waals surface area contributed by atoms with Crippen molar-refractivity contribution in [2.75, 3.05) is 43.1 Å². The molecule has 1 saturated heterocycles. The summed E-state index contributed by atoms with van der Waals surface area (Å²) in [6.07, 6.45) is 1.26. The number of nitrogens with zero attached hydrogens (tertiary/aromatic N) is 3. The van der Waals surface area contributed by atoms with E-state index in [0.29, 0.717) is 42.9 Å². The molecule has 8 nitrogen and oxygen atoms in total. The van der Waals surface area contributed by atoms with E-state index in [4.69, 9.17) is 10.5 Å². The maximum Gasteiger partial charge on any atom is 0.341 e. The van der Waals surface area contributed by atoms with E-state index in [1.807, 2.05) is 29.2 Å². The summed E-state index contributed by atoms with van der Waals surface area (Å²) in [5.74, 6) is -1.15. The van der Waals surface area contributed by atoms with Crippen molar-refractivity contribution < 1.29 is 19.0 Å². The van der Waals surface area contributed by atoms with Crippen LogP contribution in [0.4, 0.5) is 15.8 Å². The van der Waals surface area contributed by atoms with Gasteiger partial charge in [-0.1, -0.05) is 12.1 Å². The van der Waals surface area contributed by atoms with Crippen molar-refractivity contribution in [2.24, 2.45) is 12.8 Å². The van der Waals surface area contributed by atoms with Crippen LogP contribution in [0, 0.1) is 5.82 Å². The first kappa shape index (κ1) is 27.2. The number of nitrogens with two attached hydrogens (primary N) is 1. The van der Waals surface area contributed by atoms with Crippen molar-refractivity contribution in [3.05, 3.63) is 63.7 Å². The second kappa shape index (κ2) is 10.9. The van der Waals surface area contributed by atoms with Crippen molar-refractivity contribution in [2.45, 2.75) is 6.54 Å². The van der Waals surface area contributed by atoms with Crippen LogP contribution in [-0.4, -0.2) is 48.9 Å². The monoisotopic (exact) mass is 512 g/mol. The van der Waals surface area contributed by atoms with E-state index >= 15 is 4.39 Å². The second-order valence-corrected chi connectivity index (χ2v) is 7.72. The highest BCUT2D eigenvalue weighted by atomic mass is 35.5. The number of methoxy groups -OCH3 is 1. The maximum atomic E-state index is 15.3. The molecule has 0 atom stereocenters.